The summed E-state index contributed by atoms with van der Waals surface area (Å²) in [7, 11) is 0. The van der Waals surface area contributed by atoms with Gasteiger partial charge in [0.2, 0.25) is 0 Å². The first kappa shape index (κ1) is 13.7. The lowest BCUT2D eigenvalue weighted by molar-refractivity contribution is -0.137. The highest BCUT2D eigenvalue weighted by Gasteiger charge is 2.34. The van der Waals surface area contributed by atoms with Crippen molar-refractivity contribution in [2.75, 3.05) is 0 Å². The van der Waals surface area contributed by atoms with Crippen LogP contribution in [0.1, 0.15) is 30.4 Å². The van der Waals surface area contributed by atoms with Crippen LogP contribution in [-0.4, -0.2) is 12.1 Å². The van der Waals surface area contributed by atoms with Crippen molar-refractivity contribution >= 4 is 0 Å². The molecule has 0 aliphatic heterocycles. The van der Waals surface area contributed by atoms with E-state index in [0.717, 1.165) is 31.4 Å². The van der Waals surface area contributed by atoms with Crippen LogP contribution < -0.4 is 10.5 Å². The summed E-state index contributed by atoms with van der Waals surface area (Å²) in [6.45, 7) is 0. The highest BCUT2D eigenvalue weighted by molar-refractivity contribution is 5.44. The zero-order chi connectivity index (χ0) is 14.0. The molecule has 1 saturated carbocycles. The molecule has 6 heteroatoms. The molecule has 0 bridgehead atoms. The lowest BCUT2D eigenvalue weighted by Crippen LogP contribution is -2.33. The number of benzene rings is 1. The Morgan fingerprint density at radius 2 is 2.05 bits per heavy atom. The third-order valence-electron chi connectivity index (χ3n) is 3.21. The summed E-state index contributed by atoms with van der Waals surface area (Å²) in [5.41, 5.74) is 4.43. The van der Waals surface area contributed by atoms with Crippen LogP contribution in [0.4, 0.5) is 13.2 Å². The van der Waals surface area contributed by atoms with Gasteiger partial charge in [0.25, 0.3) is 0 Å². The second kappa shape index (κ2) is 5.10. The molecule has 0 heterocycles. The van der Waals surface area contributed by atoms with Crippen molar-refractivity contribution in [3.05, 3.63) is 29.3 Å². The van der Waals surface area contributed by atoms with E-state index >= 15 is 0 Å². The van der Waals surface area contributed by atoms with Gasteiger partial charge in [-0.25, -0.2) is 0 Å². The number of hydrogen-bond acceptors (Lipinski definition) is 3. The van der Waals surface area contributed by atoms with Crippen molar-refractivity contribution in [2.24, 2.45) is 5.73 Å². The summed E-state index contributed by atoms with van der Waals surface area (Å²) in [6, 6.07) is 4.75. The maximum absolute atomic E-state index is 12.8. The number of alkyl halides is 3. The minimum absolute atomic E-state index is 0.105. The molecule has 1 aliphatic rings. The predicted molar refractivity (Wildman–Crippen MR) is 62.4 cm³/mol. The number of nitriles is 1. The van der Waals surface area contributed by atoms with Gasteiger partial charge in [-0.1, -0.05) is 0 Å². The Morgan fingerprint density at radius 3 is 2.58 bits per heavy atom. The minimum atomic E-state index is -4.57. The summed E-state index contributed by atoms with van der Waals surface area (Å²) in [6.07, 6.45) is -2.36. The molecule has 0 aromatic heterocycles. The van der Waals surface area contributed by atoms with Crippen LogP contribution in [0.15, 0.2) is 18.2 Å². The van der Waals surface area contributed by atoms with Gasteiger partial charge in [0.15, 0.2) is 0 Å². The zero-order valence-electron chi connectivity index (χ0n) is 10.1. The quantitative estimate of drug-likeness (QED) is 0.899. The highest BCUT2D eigenvalue weighted by Crippen LogP contribution is 2.35. The standard InChI is InChI=1S/C13H13F3N2O/c14-13(15,16)10-6-9(5-4-8(10)7-17)19-12-3-1-2-11(12)18/h4-6,11-12H,1-3,18H2. The van der Waals surface area contributed by atoms with Crippen molar-refractivity contribution in [1.29, 1.82) is 5.26 Å². The van der Waals surface area contributed by atoms with Crippen LogP contribution in [0.25, 0.3) is 0 Å². The number of halogens is 3. The first-order valence-electron chi connectivity index (χ1n) is 5.95. The van der Waals surface area contributed by atoms with E-state index in [-0.39, 0.29) is 17.9 Å². The average Bonchev–Trinajstić information content (AvgIpc) is 2.74. The molecule has 0 spiro atoms. The number of nitrogens with two attached hydrogens (primary N) is 1. The van der Waals surface area contributed by atoms with Gasteiger partial charge in [-0.15, -0.1) is 0 Å². The molecule has 3 nitrogen and oxygen atoms in total. The van der Waals surface area contributed by atoms with Crippen LogP contribution in [0.5, 0.6) is 5.75 Å². The van der Waals surface area contributed by atoms with Crippen molar-refractivity contribution in [3.63, 3.8) is 0 Å². The highest BCUT2D eigenvalue weighted by atomic mass is 19.4. The third kappa shape index (κ3) is 2.99. The van der Waals surface area contributed by atoms with E-state index in [4.69, 9.17) is 15.7 Å². The van der Waals surface area contributed by atoms with Gasteiger partial charge >= 0.3 is 6.18 Å². The smallest absolute Gasteiger partial charge is 0.417 e. The fraction of sp³-hybridized carbons (Fsp3) is 0.462. The number of rotatable bonds is 2. The Kier molecular flexibility index (Phi) is 3.67. The first-order chi connectivity index (χ1) is 8.91. The molecule has 0 amide bonds. The van der Waals surface area contributed by atoms with E-state index < -0.39 is 17.3 Å². The van der Waals surface area contributed by atoms with E-state index in [9.17, 15) is 13.2 Å². The van der Waals surface area contributed by atoms with Crippen LogP contribution >= 0.6 is 0 Å². The summed E-state index contributed by atoms with van der Waals surface area (Å²) < 4.78 is 43.8. The molecule has 1 aromatic carbocycles. The van der Waals surface area contributed by atoms with Crippen LogP contribution in [0.3, 0.4) is 0 Å². The van der Waals surface area contributed by atoms with Crippen LogP contribution in [0.2, 0.25) is 0 Å². The van der Waals surface area contributed by atoms with Gasteiger partial charge < -0.3 is 10.5 Å². The van der Waals surface area contributed by atoms with Crippen molar-refractivity contribution < 1.29 is 17.9 Å². The summed E-state index contributed by atoms with van der Waals surface area (Å²) >= 11 is 0. The predicted octanol–water partition coefficient (Wildman–Crippen LogP) is 2.84. The van der Waals surface area contributed by atoms with E-state index in [1.165, 1.54) is 12.1 Å². The number of hydrogen-bond donors (Lipinski definition) is 1. The monoisotopic (exact) mass is 270 g/mol. The summed E-state index contributed by atoms with van der Waals surface area (Å²) in [5, 5.41) is 8.69. The maximum Gasteiger partial charge on any atom is 0.417 e. The topological polar surface area (TPSA) is 59.0 Å². The molecule has 0 saturated heterocycles. The minimum Gasteiger partial charge on any atom is -0.489 e. The molecular weight excluding hydrogens is 257 g/mol. The summed E-state index contributed by atoms with van der Waals surface area (Å²) in [4.78, 5) is 0. The van der Waals surface area contributed by atoms with Crippen LogP contribution in [0, 0.1) is 11.3 Å². The van der Waals surface area contributed by atoms with Gasteiger partial charge in [0.1, 0.15) is 11.9 Å². The third-order valence-corrected chi connectivity index (χ3v) is 3.21. The normalized spacial score (nSPS) is 23.1. The molecule has 2 unspecified atom stereocenters. The molecule has 19 heavy (non-hydrogen) atoms. The van der Waals surface area contributed by atoms with Gasteiger partial charge in [-0.3, -0.25) is 0 Å². The zero-order valence-corrected chi connectivity index (χ0v) is 10.1. The fourth-order valence-electron chi connectivity index (χ4n) is 2.20. The second-order valence-corrected chi connectivity index (χ2v) is 4.57. The van der Waals surface area contributed by atoms with Crippen molar-refractivity contribution in [1.82, 2.24) is 0 Å². The first-order valence-corrected chi connectivity index (χ1v) is 5.95. The molecule has 1 aromatic rings. The Labute approximate surface area is 108 Å². The van der Waals surface area contributed by atoms with Crippen LogP contribution in [-0.2, 0) is 6.18 Å². The second-order valence-electron chi connectivity index (χ2n) is 4.57. The van der Waals surface area contributed by atoms with Crippen molar-refractivity contribution in [2.45, 2.75) is 37.6 Å². The molecule has 0 radical (unpaired) electrons. The van der Waals surface area contributed by atoms with E-state index in [1.54, 1.807) is 0 Å². The molecule has 2 atom stereocenters. The van der Waals surface area contributed by atoms with Crippen molar-refractivity contribution in [3.8, 4) is 11.8 Å². The largest absolute Gasteiger partial charge is 0.489 e. The lowest BCUT2D eigenvalue weighted by atomic mass is 10.1. The molecule has 102 valence electrons. The number of nitrogens with zero attached hydrogens (tertiary/aromatic N) is 1. The van der Waals surface area contributed by atoms with Gasteiger partial charge in [0, 0.05) is 6.04 Å². The number of ether oxygens (including phenoxy) is 1. The Hall–Kier alpha value is -1.74. The molecule has 1 fully saturated rings. The Morgan fingerprint density at radius 1 is 1.32 bits per heavy atom. The molecular formula is C13H13F3N2O. The Bertz CT molecular complexity index is 508. The molecule has 2 N–H and O–H groups in total. The SMILES string of the molecule is N#Cc1ccc(OC2CCCC2N)cc1C(F)(F)F. The average molecular weight is 270 g/mol. The Balaban J connectivity index is 2.26. The van der Waals surface area contributed by atoms with Gasteiger partial charge in [-0.05, 0) is 37.5 Å². The fourth-order valence-corrected chi connectivity index (χ4v) is 2.20. The van der Waals surface area contributed by atoms with Gasteiger partial charge in [-0.2, -0.15) is 18.4 Å². The van der Waals surface area contributed by atoms with E-state index in [1.807, 2.05) is 0 Å². The van der Waals surface area contributed by atoms with E-state index in [2.05, 4.69) is 0 Å². The maximum atomic E-state index is 12.8. The molecule has 1 aliphatic carbocycles. The molecule has 2 rings (SSSR count). The summed E-state index contributed by atoms with van der Waals surface area (Å²) in [5.74, 6) is 0.105. The lowest BCUT2D eigenvalue weighted by Gasteiger charge is -2.19. The van der Waals surface area contributed by atoms with E-state index in [0.29, 0.717) is 0 Å². The van der Waals surface area contributed by atoms with Gasteiger partial charge in [0.05, 0.1) is 17.2 Å².